The molecule has 44 heavy (non-hydrogen) atoms. The highest BCUT2D eigenvalue weighted by Gasteiger charge is 2.51. The van der Waals surface area contributed by atoms with E-state index in [1.54, 1.807) is 6.92 Å². The highest BCUT2D eigenvalue weighted by atomic mass is 32.2. The molecular formula is C26H28F2N8O7S. The molecule has 0 aromatic carbocycles. The third-order valence-corrected chi connectivity index (χ3v) is 8.85. The van der Waals surface area contributed by atoms with E-state index in [-0.39, 0.29) is 11.4 Å². The average molecular weight is 635 g/mol. The molecule has 0 aliphatic carbocycles. The van der Waals surface area contributed by atoms with E-state index in [0.717, 1.165) is 24.2 Å². The van der Waals surface area contributed by atoms with Crippen LogP contribution in [0.15, 0.2) is 49.1 Å². The van der Waals surface area contributed by atoms with Crippen molar-refractivity contribution in [2.24, 2.45) is 0 Å². The maximum absolute atomic E-state index is 13.3. The normalized spacial score (nSPS) is 32.5. The molecule has 0 amide bonds. The van der Waals surface area contributed by atoms with E-state index in [0.29, 0.717) is 11.4 Å². The lowest BCUT2D eigenvalue weighted by molar-refractivity contribution is -0.183. The van der Waals surface area contributed by atoms with E-state index in [2.05, 4.69) is 30.6 Å². The Kier molecular flexibility index (Phi) is 8.66. The third-order valence-electron chi connectivity index (χ3n) is 7.54. The number of rotatable bonds is 7. The van der Waals surface area contributed by atoms with Gasteiger partial charge in [-0.1, -0.05) is 22.2 Å². The average Bonchev–Trinajstić information content (AvgIpc) is 3.69. The Morgan fingerprint density at radius 1 is 0.727 bits per heavy atom. The summed E-state index contributed by atoms with van der Waals surface area (Å²) in [5.74, 6) is -1.06. The highest BCUT2D eigenvalue weighted by molar-refractivity contribution is 8.00. The number of hydrogen-bond acceptors (Lipinski definition) is 14. The van der Waals surface area contributed by atoms with Crippen LogP contribution in [0.25, 0.3) is 22.8 Å². The molecule has 0 saturated carbocycles. The summed E-state index contributed by atoms with van der Waals surface area (Å²) in [5, 5.41) is 70.7. The van der Waals surface area contributed by atoms with Crippen molar-refractivity contribution in [1.29, 1.82) is 0 Å². The zero-order valence-corrected chi connectivity index (χ0v) is 23.7. The minimum Gasteiger partial charge on any atom is -0.394 e. The molecular weight excluding hydrogens is 606 g/mol. The van der Waals surface area contributed by atoms with Gasteiger partial charge >= 0.3 is 0 Å². The van der Waals surface area contributed by atoms with Gasteiger partial charge in [-0.25, -0.2) is 18.1 Å². The number of aliphatic hydroxyl groups is 5. The molecule has 4 aromatic heterocycles. The first-order chi connectivity index (χ1) is 21.1. The van der Waals surface area contributed by atoms with Gasteiger partial charge in [-0.15, -0.1) is 10.2 Å². The van der Waals surface area contributed by atoms with Crippen molar-refractivity contribution in [3.8, 4) is 22.8 Å². The largest absolute Gasteiger partial charge is 0.394 e. The molecule has 2 aliphatic heterocycles. The van der Waals surface area contributed by atoms with E-state index < -0.39 is 77.8 Å². The molecule has 2 saturated heterocycles. The van der Waals surface area contributed by atoms with Gasteiger partial charge in [0.2, 0.25) is 0 Å². The summed E-state index contributed by atoms with van der Waals surface area (Å²) >= 11 is 0.882. The molecule has 5 N–H and O–H groups in total. The van der Waals surface area contributed by atoms with Gasteiger partial charge in [-0.05, 0) is 31.2 Å². The number of pyridine rings is 2. The minimum atomic E-state index is -1.45. The van der Waals surface area contributed by atoms with Crippen LogP contribution in [0.2, 0.25) is 0 Å². The molecule has 10 atom stereocenters. The number of hydrogen-bond donors (Lipinski definition) is 5. The van der Waals surface area contributed by atoms with Gasteiger partial charge in [-0.2, -0.15) is 0 Å². The predicted molar refractivity (Wildman–Crippen MR) is 146 cm³/mol. The number of ether oxygens (including phenoxy) is 2. The highest BCUT2D eigenvalue weighted by Crippen LogP contribution is 2.42. The first-order valence-corrected chi connectivity index (χ1v) is 14.5. The van der Waals surface area contributed by atoms with Crippen LogP contribution in [0.5, 0.6) is 0 Å². The van der Waals surface area contributed by atoms with Crippen LogP contribution in [-0.2, 0) is 9.47 Å². The standard InChI is InChI=1S/C26H28F2N8O7S/c1-11-21(38)19(35-8-16(31-33-35)14-4-2-12(27)6-29-14)23(40)25(42-11)44-26-24(41)20(22(39)18(10-37)43-26)36-9-17(32-34-36)15-5-3-13(28)7-30-15/h2-9,11,18-26,37-41H,10H2,1H3/t11-,18?,19+,20?,21?,22+,23-,24?,25+,26+/m1/s1. The first-order valence-electron chi connectivity index (χ1n) is 13.5. The lowest BCUT2D eigenvalue weighted by Gasteiger charge is -2.45. The van der Waals surface area contributed by atoms with Gasteiger partial charge in [0.15, 0.2) is 0 Å². The van der Waals surface area contributed by atoms with Crippen molar-refractivity contribution >= 4 is 11.8 Å². The Morgan fingerprint density at radius 2 is 1.23 bits per heavy atom. The number of halogens is 2. The molecule has 4 aromatic rings. The Morgan fingerprint density at radius 3 is 1.70 bits per heavy atom. The second-order valence-corrected chi connectivity index (χ2v) is 11.6. The van der Waals surface area contributed by atoms with Gasteiger partial charge in [-0.3, -0.25) is 9.97 Å². The smallest absolute Gasteiger partial charge is 0.141 e. The van der Waals surface area contributed by atoms with Gasteiger partial charge in [0.25, 0.3) is 0 Å². The molecule has 0 spiro atoms. The van der Waals surface area contributed by atoms with E-state index in [1.165, 1.54) is 46.0 Å². The minimum absolute atomic E-state index is 0.250. The summed E-state index contributed by atoms with van der Waals surface area (Å²) in [6.45, 7) is 0.992. The maximum Gasteiger partial charge on any atom is 0.141 e. The van der Waals surface area contributed by atoms with E-state index in [1.807, 2.05) is 0 Å². The zero-order chi connectivity index (χ0) is 31.1. The van der Waals surface area contributed by atoms with Crippen LogP contribution in [0.1, 0.15) is 19.0 Å². The molecule has 0 radical (unpaired) electrons. The van der Waals surface area contributed by atoms with Gasteiger partial charge in [0, 0.05) is 0 Å². The van der Waals surface area contributed by atoms with Crippen molar-refractivity contribution in [2.75, 3.05) is 6.61 Å². The summed E-state index contributed by atoms with van der Waals surface area (Å²) < 4.78 is 40.8. The number of aliphatic hydroxyl groups excluding tert-OH is 5. The second kappa shape index (κ2) is 12.5. The fourth-order valence-corrected chi connectivity index (χ4v) is 6.55. The van der Waals surface area contributed by atoms with Gasteiger partial charge in [0.05, 0.1) is 48.9 Å². The number of aromatic nitrogens is 8. The van der Waals surface area contributed by atoms with Crippen LogP contribution in [-0.4, -0.2) is 120 Å². The summed E-state index contributed by atoms with van der Waals surface area (Å²) in [7, 11) is 0. The van der Waals surface area contributed by atoms with E-state index >= 15 is 0 Å². The summed E-state index contributed by atoms with van der Waals surface area (Å²) in [5.41, 5.74) is -1.07. The Hall–Kier alpha value is -3.49. The zero-order valence-electron chi connectivity index (χ0n) is 22.9. The maximum atomic E-state index is 13.3. The Bertz CT molecular complexity index is 1560. The molecule has 234 valence electrons. The van der Waals surface area contributed by atoms with Crippen molar-refractivity contribution < 1.29 is 43.8 Å². The van der Waals surface area contributed by atoms with Crippen LogP contribution in [0.4, 0.5) is 8.78 Å². The lowest BCUT2D eigenvalue weighted by Crippen LogP contribution is -2.57. The second-order valence-electron chi connectivity index (χ2n) is 10.4. The quantitative estimate of drug-likeness (QED) is 0.177. The first kappa shape index (κ1) is 30.5. The fraction of sp³-hybridized carbons (Fsp3) is 0.462. The number of nitrogens with zero attached hydrogens (tertiary/aromatic N) is 8. The monoisotopic (exact) mass is 634 g/mol. The van der Waals surface area contributed by atoms with Crippen molar-refractivity contribution in [1.82, 2.24) is 40.0 Å². The molecule has 2 fully saturated rings. The molecule has 2 aliphatic rings. The molecule has 4 unspecified atom stereocenters. The van der Waals surface area contributed by atoms with Crippen LogP contribution in [0.3, 0.4) is 0 Å². The molecule has 6 rings (SSSR count). The summed E-state index contributed by atoms with van der Waals surface area (Å²) in [6, 6.07) is 3.04. The molecule has 18 heteroatoms. The van der Waals surface area contributed by atoms with Crippen molar-refractivity contribution in [2.45, 2.75) is 66.5 Å². The fourth-order valence-electron chi connectivity index (χ4n) is 5.20. The van der Waals surface area contributed by atoms with E-state index in [9.17, 15) is 34.3 Å². The number of thioether (sulfide) groups is 1. The summed E-state index contributed by atoms with van der Waals surface area (Å²) in [4.78, 5) is 7.94. The van der Waals surface area contributed by atoms with E-state index in [4.69, 9.17) is 9.47 Å². The van der Waals surface area contributed by atoms with Crippen molar-refractivity contribution in [3.63, 3.8) is 0 Å². The predicted octanol–water partition coefficient (Wildman–Crippen LogP) is -0.307. The van der Waals surface area contributed by atoms with Crippen LogP contribution >= 0.6 is 11.8 Å². The van der Waals surface area contributed by atoms with Gasteiger partial charge < -0.3 is 35.0 Å². The van der Waals surface area contributed by atoms with Crippen LogP contribution < -0.4 is 0 Å². The SMILES string of the molecule is C[C@H]1O[C@@H](S[C@@H]2OC(CO)[C@H](O)C(n3cc(-c4ccc(F)cn4)nn3)C2O)[C@H](O)[C@@H](n2cc(-c3ccc(F)cn3)nn2)C1O. The molecule has 6 heterocycles. The Labute approximate surface area is 252 Å². The lowest BCUT2D eigenvalue weighted by atomic mass is 9.97. The Balaban J connectivity index is 1.23. The third kappa shape index (κ3) is 5.82. The topological polar surface area (TPSA) is 207 Å². The van der Waals surface area contributed by atoms with Gasteiger partial charge in [0.1, 0.15) is 76.5 Å². The van der Waals surface area contributed by atoms with Crippen LogP contribution in [0, 0.1) is 11.6 Å². The summed E-state index contributed by atoms with van der Waals surface area (Å²) in [6.07, 6.45) is -2.54. The molecule has 15 nitrogen and oxygen atoms in total. The molecule has 0 bridgehead atoms. The van der Waals surface area contributed by atoms with Crippen molar-refractivity contribution in [3.05, 3.63) is 60.7 Å².